The van der Waals surface area contributed by atoms with Gasteiger partial charge in [-0.3, -0.25) is 0 Å². The van der Waals surface area contributed by atoms with Crippen molar-refractivity contribution in [1.29, 1.82) is 0 Å². The Morgan fingerprint density at radius 3 is 3.06 bits per heavy atom. The van der Waals surface area contributed by atoms with Gasteiger partial charge in [-0.15, -0.1) is 0 Å². The number of nitrogens with one attached hydrogen (secondary N) is 1. The summed E-state index contributed by atoms with van der Waals surface area (Å²) in [7, 11) is 1.90. The first kappa shape index (κ1) is 10.2. The average molecular weight is 231 g/mol. The summed E-state index contributed by atoms with van der Waals surface area (Å²) in [5.41, 5.74) is 1.97. The highest BCUT2D eigenvalue weighted by Gasteiger charge is 2.14. The van der Waals surface area contributed by atoms with E-state index in [2.05, 4.69) is 10.4 Å². The van der Waals surface area contributed by atoms with Crippen LogP contribution in [-0.2, 0) is 6.54 Å². The second-order valence-electron chi connectivity index (χ2n) is 3.82. The molecule has 0 fully saturated rings. The van der Waals surface area contributed by atoms with Gasteiger partial charge in [-0.25, -0.2) is 4.68 Å². The molecule has 3 rings (SSSR count). The summed E-state index contributed by atoms with van der Waals surface area (Å²) >= 11 is 0. The molecular formula is C12H13N3O2. The maximum Gasteiger partial charge on any atom is 0.231 e. The summed E-state index contributed by atoms with van der Waals surface area (Å²) in [6.07, 6.45) is 1.93. The zero-order valence-corrected chi connectivity index (χ0v) is 9.51. The lowest BCUT2D eigenvalue weighted by atomic mass is 10.3. The summed E-state index contributed by atoms with van der Waals surface area (Å²) in [5.74, 6) is 1.56. The molecule has 0 unspecified atom stereocenters. The fourth-order valence-electron chi connectivity index (χ4n) is 1.81. The minimum Gasteiger partial charge on any atom is -0.454 e. The minimum absolute atomic E-state index is 0.295. The number of aromatic nitrogens is 2. The molecule has 0 bridgehead atoms. The molecule has 88 valence electrons. The number of nitrogens with zero attached hydrogens (tertiary/aromatic N) is 2. The molecule has 2 heterocycles. The Kier molecular flexibility index (Phi) is 2.45. The Morgan fingerprint density at radius 2 is 2.18 bits per heavy atom. The van der Waals surface area contributed by atoms with Gasteiger partial charge in [0.25, 0.3) is 0 Å². The SMILES string of the molecule is CNCc1ccn(-c2ccc3c(c2)OCO3)n1. The molecule has 0 aliphatic carbocycles. The predicted molar refractivity (Wildman–Crippen MR) is 62.5 cm³/mol. The van der Waals surface area contributed by atoms with Crippen molar-refractivity contribution in [2.75, 3.05) is 13.8 Å². The lowest BCUT2D eigenvalue weighted by Crippen LogP contribution is -2.06. The summed E-state index contributed by atoms with van der Waals surface area (Å²) in [6, 6.07) is 7.78. The monoisotopic (exact) mass is 231 g/mol. The minimum atomic E-state index is 0.295. The molecule has 1 aliphatic heterocycles. The van der Waals surface area contributed by atoms with Crippen LogP contribution in [0.2, 0.25) is 0 Å². The average Bonchev–Trinajstić information content (AvgIpc) is 2.96. The van der Waals surface area contributed by atoms with E-state index in [1.165, 1.54) is 0 Å². The molecule has 0 atom stereocenters. The number of rotatable bonds is 3. The Hall–Kier alpha value is -2.01. The number of ether oxygens (including phenoxy) is 2. The first-order valence-electron chi connectivity index (χ1n) is 5.46. The van der Waals surface area contributed by atoms with Crippen molar-refractivity contribution in [2.24, 2.45) is 0 Å². The summed E-state index contributed by atoms with van der Waals surface area (Å²) < 4.78 is 12.4. The highest BCUT2D eigenvalue weighted by Crippen LogP contribution is 2.33. The van der Waals surface area contributed by atoms with Gasteiger partial charge < -0.3 is 14.8 Å². The van der Waals surface area contributed by atoms with Gasteiger partial charge in [-0.05, 0) is 25.2 Å². The first-order valence-corrected chi connectivity index (χ1v) is 5.46. The van der Waals surface area contributed by atoms with Crippen LogP contribution in [0, 0.1) is 0 Å². The smallest absolute Gasteiger partial charge is 0.231 e. The van der Waals surface area contributed by atoms with E-state index in [0.29, 0.717) is 6.79 Å². The molecule has 0 saturated heterocycles. The summed E-state index contributed by atoms with van der Waals surface area (Å²) in [4.78, 5) is 0. The van der Waals surface area contributed by atoms with Gasteiger partial charge in [0, 0.05) is 18.8 Å². The number of hydrogen-bond acceptors (Lipinski definition) is 4. The number of benzene rings is 1. The molecule has 1 aromatic carbocycles. The topological polar surface area (TPSA) is 48.3 Å². The van der Waals surface area contributed by atoms with Crippen LogP contribution in [0.25, 0.3) is 5.69 Å². The van der Waals surface area contributed by atoms with Crippen LogP contribution in [0.1, 0.15) is 5.69 Å². The standard InChI is InChI=1S/C12H13N3O2/c1-13-7-9-4-5-15(14-9)10-2-3-11-12(6-10)17-8-16-11/h2-6,13H,7-8H2,1H3. The highest BCUT2D eigenvalue weighted by molar-refractivity contribution is 5.49. The zero-order valence-electron chi connectivity index (χ0n) is 9.51. The normalized spacial score (nSPS) is 13.0. The van der Waals surface area contributed by atoms with Crippen LogP contribution in [0.15, 0.2) is 30.5 Å². The Balaban J connectivity index is 1.92. The van der Waals surface area contributed by atoms with E-state index in [0.717, 1.165) is 29.4 Å². The molecule has 1 aromatic heterocycles. The molecule has 0 spiro atoms. The maximum atomic E-state index is 5.34. The van der Waals surface area contributed by atoms with Crippen molar-refractivity contribution in [1.82, 2.24) is 15.1 Å². The van der Waals surface area contributed by atoms with Gasteiger partial charge in [0.05, 0.1) is 11.4 Å². The summed E-state index contributed by atoms with van der Waals surface area (Å²) in [5, 5.41) is 7.52. The highest BCUT2D eigenvalue weighted by atomic mass is 16.7. The molecule has 5 nitrogen and oxygen atoms in total. The van der Waals surface area contributed by atoms with Gasteiger partial charge in [-0.2, -0.15) is 5.10 Å². The van der Waals surface area contributed by atoms with Gasteiger partial charge >= 0.3 is 0 Å². The van der Waals surface area contributed by atoms with Crippen molar-refractivity contribution in [3.8, 4) is 17.2 Å². The third-order valence-corrected chi connectivity index (χ3v) is 2.62. The Bertz CT molecular complexity index is 536. The molecule has 0 amide bonds. The van der Waals surface area contributed by atoms with Crippen molar-refractivity contribution in [3.63, 3.8) is 0 Å². The maximum absolute atomic E-state index is 5.34. The van der Waals surface area contributed by atoms with Crippen LogP contribution in [0.5, 0.6) is 11.5 Å². The molecule has 0 saturated carbocycles. The van der Waals surface area contributed by atoms with Crippen molar-refractivity contribution in [2.45, 2.75) is 6.54 Å². The lowest BCUT2D eigenvalue weighted by Gasteiger charge is -2.02. The molecule has 5 heteroatoms. The fourth-order valence-corrected chi connectivity index (χ4v) is 1.81. The fraction of sp³-hybridized carbons (Fsp3) is 0.250. The first-order chi connectivity index (χ1) is 8.36. The molecule has 1 aliphatic rings. The summed E-state index contributed by atoms with van der Waals surface area (Å²) in [6.45, 7) is 1.06. The largest absolute Gasteiger partial charge is 0.454 e. The van der Waals surface area contributed by atoms with E-state index in [1.54, 1.807) is 0 Å². The number of fused-ring (bicyclic) bond motifs is 1. The van der Waals surface area contributed by atoms with Crippen molar-refractivity contribution in [3.05, 3.63) is 36.2 Å². The van der Waals surface area contributed by atoms with Gasteiger partial charge in [-0.1, -0.05) is 0 Å². The van der Waals surface area contributed by atoms with Crippen molar-refractivity contribution >= 4 is 0 Å². The molecule has 2 aromatic rings. The van der Waals surface area contributed by atoms with E-state index in [9.17, 15) is 0 Å². The van der Waals surface area contributed by atoms with Crippen LogP contribution in [-0.4, -0.2) is 23.6 Å². The van der Waals surface area contributed by atoms with E-state index in [4.69, 9.17) is 9.47 Å². The van der Waals surface area contributed by atoms with Crippen molar-refractivity contribution < 1.29 is 9.47 Å². The van der Waals surface area contributed by atoms with Crippen LogP contribution >= 0.6 is 0 Å². The quantitative estimate of drug-likeness (QED) is 0.865. The van der Waals surface area contributed by atoms with Crippen LogP contribution in [0.4, 0.5) is 0 Å². The van der Waals surface area contributed by atoms with E-state index in [-0.39, 0.29) is 0 Å². The van der Waals surface area contributed by atoms with Crippen LogP contribution < -0.4 is 14.8 Å². The predicted octanol–water partition coefficient (Wildman–Crippen LogP) is 1.32. The second-order valence-corrected chi connectivity index (χ2v) is 3.82. The molecule has 1 N–H and O–H groups in total. The van der Waals surface area contributed by atoms with Gasteiger partial charge in [0.1, 0.15) is 0 Å². The third-order valence-electron chi connectivity index (χ3n) is 2.62. The van der Waals surface area contributed by atoms with Crippen LogP contribution in [0.3, 0.4) is 0 Å². The lowest BCUT2D eigenvalue weighted by molar-refractivity contribution is 0.174. The van der Waals surface area contributed by atoms with E-state index in [1.807, 2.05) is 42.2 Å². The Labute approximate surface area is 99.0 Å². The zero-order chi connectivity index (χ0) is 11.7. The molecule has 17 heavy (non-hydrogen) atoms. The number of hydrogen-bond donors (Lipinski definition) is 1. The van der Waals surface area contributed by atoms with E-state index < -0.39 is 0 Å². The van der Waals surface area contributed by atoms with E-state index >= 15 is 0 Å². The third kappa shape index (κ3) is 1.85. The second kappa shape index (κ2) is 4.10. The van der Waals surface area contributed by atoms with Gasteiger partial charge in [0.2, 0.25) is 6.79 Å². The Morgan fingerprint density at radius 1 is 1.29 bits per heavy atom. The molecule has 0 radical (unpaired) electrons. The molecular weight excluding hydrogens is 218 g/mol. The van der Waals surface area contributed by atoms with Gasteiger partial charge in [0.15, 0.2) is 11.5 Å².